The summed E-state index contributed by atoms with van der Waals surface area (Å²) in [5, 5.41) is 10.8. The molecule has 7 heteroatoms. The summed E-state index contributed by atoms with van der Waals surface area (Å²) in [4.78, 5) is 34.2. The molecule has 120 valence electrons. The van der Waals surface area contributed by atoms with Crippen LogP contribution in [-0.2, 0) is 25.5 Å². The zero-order valence-electron chi connectivity index (χ0n) is 12.8. The van der Waals surface area contributed by atoms with E-state index in [1.807, 2.05) is 0 Å². The molecule has 0 aliphatic rings. The predicted octanol–water partition coefficient (Wildman–Crippen LogP) is 2.19. The van der Waals surface area contributed by atoms with Crippen LogP contribution in [0, 0.1) is 23.0 Å². The highest BCUT2D eigenvalue weighted by molar-refractivity contribution is 5.95. The van der Waals surface area contributed by atoms with E-state index in [1.54, 1.807) is 26.8 Å². The number of hydrogen-bond acceptors (Lipinski definition) is 6. The number of carbonyl (C=O) groups excluding carboxylic acids is 2. The van der Waals surface area contributed by atoms with Crippen molar-refractivity contribution in [3.63, 3.8) is 0 Å². The van der Waals surface area contributed by atoms with E-state index < -0.39 is 22.8 Å². The fourth-order valence-corrected chi connectivity index (χ4v) is 1.96. The van der Waals surface area contributed by atoms with Crippen molar-refractivity contribution >= 4 is 17.6 Å². The maximum absolute atomic E-state index is 11.9. The lowest BCUT2D eigenvalue weighted by Gasteiger charge is -2.15. The molecule has 0 amide bonds. The van der Waals surface area contributed by atoms with Crippen molar-refractivity contribution in [1.82, 2.24) is 0 Å². The summed E-state index contributed by atoms with van der Waals surface area (Å²) in [5.74, 6) is -2.50. The van der Waals surface area contributed by atoms with E-state index in [0.29, 0.717) is 5.56 Å². The van der Waals surface area contributed by atoms with E-state index in [4.69, 9.17) is 9.47 Å². The first-order valence-electron chi connectivity index (χ1n) is 6.97. The van der Waals surface area contributed by atoms with E-state index >= 15 is 0 Å². The van der Waals surface area contributed by atoms with Gasteiger partial charge in [0.15, 0.2) is 5.92 Å². The molecule has 0 unspecified atom stereocenters. The highest BCUT2D eigenvalue weighted by atomic mass is 16.6. The molecule has 0 saturated carbocycles. The van der Waals surface area contributed by atoms with Crippen LogP contribution in [0.2, 0.25) is 0 Å². The molecule has 0 heterocycles. The minimum atomic E-state index is -1.12. The maximum Gasteiger partial charge on any atom is 0.320 e. The van der Waals surface area contributed by atoms with Gasteiger partial charge in [-0.2, -0.15) is 0 Å². The second-order valence-electron chi connectivity index (χ2n) is 4.63. The van der Waals surface area contributed by atoms with Crippen molar-refractivity contribution in [1.29, 1.82) is 0 Å². The van der Waals surface area contributed by atoms with E-state index in [1.165, 1.54) is 12.1 Å². The number of nitro groups is 1. The molecule has 1 aromatic rings. The van der Waals surface area contributed by atoms with Crippen LogP contribution >= 0.6 is 0 Å². The lowest BCUT2D eigenvalue weighted by molar-refractivity contribution is -0.384. The van der Waals surface area contributed by atoms with Crippen LogP contribution in [0.25, 0.3) is 0 Å². The van der Waals surface area contributed by atoms with Gasteiger partial charge in [-0.05, 0) is 38.3 Å². The number of non-ortho nitro benzene ring substituents is 1. The average Bonchev–Trinajstić information content (AvgIpc) is 2.46. The molecule has 0 spiro atoms. The summed E-state index contributed by atoms with van der Waals surface area (Å²) in [6, 6.07) is 4.32. The maximum atomic E-state index is 11.9. The first-order valence-corrected chi connectivity index (χ1v) is 6.97. The van der Waals surface area contributed by atoms with Crippen molar-refractivity contribution in [2.45, 2.75) is 27.2 Å². The quantitative estimate of drug-likeness (QED) is 0.331. The average molecular weight is 309 g/mol. The third-order valence-electron chi connectivity index (χ3n) is 3.11. The van der Waals surface area contributed by atoms with Crippen molar-refractivity contribution < 1.29 is 24.0 Å². The summed E-state index contributed by atoms with van der Waals surface area (Å²) >= 11 is 0. The molecule has 0 aliphatic heterocycles. The van der Waals surface area contributed by atoms with Gasteiger partial charge in [-0.3, -0.25) is 19.7 Å². The molecule has 0 saturated heterocycles. The molecular weight excluding hydrogens is 290 g/mol. The van der Waals surface area contributed by atoms with Gasteiger partial charge in [0.2, 0.25) is 0 Å². The van der Waals surface area contributed by atoms with E-state index in [0.717, 1.165) is 5.56 Å². The van der Waals surface area contributed by atoms with Crippen LogP contribution in [0.1, 0.15) is 25.0 Å². The summed E-state index contributed by atoms with van der Waals surface area (Å²) < 4.78 is 9.78. The Labute approximate surface area is 128 Å². The van der Waals surface area contributed by atoms with Crippen molar-refractivity contribution in [3.8, 4) is 0 Å². The van der Waals surface area contributed by atoms with Gasteiger partial charge in [0.1, 0.15) is 0 Å². The summed E-state index contributed by atoms with van der Waals surface area (Å²) in [6.07, 6.45) is 0.00514. The fraction of sp³-hybridized carbons (Fsp3) is 0.467. The smallest absolute Gasteiger partial charge is 0.320 e. The Kier molecular flexibility index (Phi) is 6.49. The van der Waals surface area contributed by atoms with Gasteiger partial charge in [-0.15, -0.1) is 0 Å². The zero-order valence-corrected chi connectivity index (χ0v) is 12.8. The number of ether oxygens (including phenoxy) is 2. The third-order valence-corrected chi connectivity index (χ3v) is 3.11. The van der Waals surface area contributed by atoms with Crippen LogP contribution in [0.5, 0.6) is 0 Å². The van der Waals surface area contributed by atoms with Crippen molar-refractivity contribution in [2.24, 2.45) is 5.92 Å². The number of aryl methyl sites for hydroxylation is 1. The second kappa shape index (κ2) is 8.11. The van der Waals surface area contributed by atoms with Crippen LogP contribution < -0.4 is 0 Å². The standard InChI is InChI=1S/C15H19NO6/c1-4-21-14(17)13(15(18)22-5-2)9-11-8-12(16(19)20)7-6-10(11)3/h6-8,13H,4-5,9H2,1-3H3. The molecule has 7 nitrogen and oxygen atoms in total. The minimum Gasteiger partial charge on any atom is -0.465 e. The van der Waals surface area contributed by atoms with Crippen molar-refractivity contribution in [2.75, 3.05) is 13.2 Å². The Bertz CT molecular complexity index is 551. The van der Waals surface area contributed by atoms with E-state index in [2.05, 4.69) is 0 Å². The summed E-state index contributed by atoms with van der Waals surface area (Å²) in [5.41, 5.74) is 1.21. The molecule has 0 radical (unpaired) electrons. The molecule has 0 aliphatic carbocycles. The fourth-order valence-electron chi connectivity index (χ4n) is 1.96. The van der Waals surface area contributed by atoms with Crippen molar-refractivity contribution in [3.05, 3.63) is 39.4 Å². The molecular formula is C15H19NO6. The van der Waals surface area contributed by atoms with Crippen LogP contribution in [0.15, 0.2) is 18.2 Å². The number of hydrogen-bond donors (Lipinski definition) is 0. The van der Waals surface area contributed by atoms with Crippen LogP contribution in [0.4, 0.5) is 5.69 Å². The topological polar surface area (TPSA) is 95.7 Å². The van der Waals surface area contributed by atoms with Gasteiger partial charge in [0.05, 0.1) is 18.1 Å². The normalized spacial score (nSPS) is 10.4. The number of rotatable bonds is 7. The number of nitrogens with zero attached hydrogens (tertiary/aromatic N) is 1. The van der Waals surface area contributed by atoms with Crippen LogP contribution in [0.3, 0.4) is 0 Å². The number of benzene rings is 1. The van der Waals surface area contributed by atoms with Crippen LogP contribution in [-0.4, -0.2) is 30.1 Å². The Morgan fingerprint density at radius 1 is 1.18 bits per heavy atom. The molecule has 0 bridgehead atoms. The number of carbonyl (C=O) groups is 2. The predicted molar refractivity (Wildman–Crippen MR) is 78.3 cm³/mol. The van der Waals surface area contributed by atoms with Gasteiger partial charge in [0, 0.05) is 12.1 Å². The lowest BCUT2D eigenvalue weighted by atomic mass is 9.95. The molecule has 0 N–H and O–H groups in total. The van der Waals surface area contributed by atoms with Gasteiger partial charge < -0.3 is 9.47 Å². The van der Waals surface area contributed by atoms with E-state index in [9.17, 15) is 19.7 Å². The van der Waals surface area contributed by atoms with Gasteiger partial charge in [-0.25, -0.2) is 0 Å². The molecule has 0 aromatic heterocycles. The number of nitro benzene ring substituents is 1. The van der Waals surface area contributed by atoms with E-state index in [-0.39, 0.29) is 25.3 Å². The summed E-state index contributed by atoms with van der Waals surface area (Å²) in [7, 11) is 0. The summed E-state index contributed by atoms with van der Waals surface area (Å²) in [6.45, 7) is 5.31. The first kappa shape index (κ1) is 17.6. The molecule has 22 heavy (non-hydrogen) atoms. The SMILES string of the molecule is CCOC(=O)C(Cc1cc([N+](=O)[O-])ccc1C)C(=O)OCC. The molecule has 0 fully saturated rings. The number of esters is 2. The molecule has 1 rings (SSSR count). The lowest BCUT2D eigenvalue weighted by Crippen LogP contribution is -2.30. The Hall–Kier alpha value is -2.44. The molecule has 0 atom stereocenters. The minimum absolute atomic E-state index is 0.00514. The third kappa shape index (κ3) is 4.54. The zero-order chi connectivity index (χ0) is 16.7. The Balaban J connectivity index is 3.07. The van der Waals surface area contributed by atoms with Gasteiger partial charge >= 0.3 is 11.9 Å². The molecule has 1 aromatic carbocycles. The Morgan fingerprint density at radius 2 is 1.73 bits per heavy atom. The monoisotopic (exact) mass is 309 g/mol. The second-order valence-corrected chi connectivity index (χ2v) is 4.63. The largest absolute Gasteiger partial charge is 0.465 e. The first-order chi connectivity index (χ1) is 10.4. The Morgan fingerprint density at radius 3 is 2.18 bits per heavy atom. The highest BCUT2D eigenvalue weighted by Gasteiger charge is 2.30. The van der Waals surface area contributed by atoms with Gasteiger partial charge in [0.25, 0.3) is 5.69 Å². The highest BCUT2D eigenvalue weighted by Crippen LogP contribution is 2.21. The van der Waals surface area contributed by atoms with Gasteiger partial charge in [-0.1, -0.05) is 6.07 Å².